The summed E-state index contributed by atoms with van der Waals surface area (Å²) in [4.78, 5) is 4.33. The van der Waals surface area contributed by atoms with Crippen LogP contribution >= 0.6 is 39.3 Å². The van der Waals surface area contributed by atoms with Gasteiger partial charge in [-0.2, -0.15) is 10.1 Å². The van der Waals surface area contributed by atoms with Crippen LogP contribution in [0.15, 0.2) is 63.3 Å². The van der Waals surface area contributed by atoms with Crippen LogP contribution in [-0.4, -0.2) is 21.4 Å². The molecule has 1 aromatic heterocycles. The molecule has 0 amide bonds. The summed E-state index contributed by atoms with van der Waals surface area (Å²) in [6.07, 6.45) is 1.72. The van der Waals surface area contributed by atoms with Gasteiger partial charge in [0, 0.05) is 15.2 Å². The van der Waals surface area contributed by atoms with Crippen molar-refractivity contribution in [2.75, 3.05) is 5.43 Å². The van der Waals surface area contributed by atoms with Crippen LogP contribution in [0.2, 0.25) is 5.02 Å². The quantitative estimate of drug-likeness (QED) is 0.335. The average molecular weight is 423 g/mol. The molecule has 0 unspecified atom stereocenters. The maximum atomic E-state index is 5.87. The highest BCUT2D eigenvalue weighted by atomic mass is 79.9. The second-order valence-electron chi connectivity index (χ2n) is 4.81. The zero-order valence-corrected chi connectivity index (χ0v) is 15.6. The number of hydrogen-bond donors (Lipinski definition) is 2. The summed E-state index contributed by atoms with van der Waals surface area (Å²) >= 11 is 10.8. The Balaban J connectivity index is 1.52. The lowest BCUT2D eigenvalue weighted by atomic mass is 10.2. The van der Waals surface area contributed by atoms with E-state index in [0.29, 0.717) is 11.1 Å². The molecule has 3 rings (SSSR count). The lowest BCUT2D eigenvalue weighted by Crippen LogP contribution is -1.92. The molecule has 0 fully saturated rings. The van der Waals surface area contributed by atoms with Crippen molar-refractivity contribution < 1.29 is 0 Å². The Morgan fingerprint density at radius 3 is 2.88 bits per heavy atom. The monoisotopic (exact) mass is 421 g/mol. The molecule has 5 nitrogen and oxygen atoms in total. The average Bonchev–Trinajstić information content (AvgIpc) is 3.02. The van der Waals surface area contributed by atoms with Gasteiger partial charge in [0.1, 0.15) is 0 Å². The highest BCUT2D eigenvalue weighted by Gasteiger charge is 2.03. The number of anilines is 1. The van der Waals surface area contributed by atoms with E-state index in [0.717, 1.165) is 26.4 Å². The number of hydrazone groups is 1. The summed E-state index contributed by atoms with van der Waals surface area (Å²) < 4.78 is 1.01. The molecule has 0 aliphatic rings. The molecule has 1 heterocycles. The predicted molar refractivity (Wildman–Crippen MR) is 103 cm³/mol. The third-order valence-corrected chi connectivity index (χ3v) is 4.64. The zero-order valence-electron chi connectivity index (χ0n) is 12.4. The molecular weight excluding hydrogens is 410 g/mol. The van der Waals surface area contributed by atoms with Crippen molar-refractivity contribution in [3.8, 4) is 0 Å². The molecule has 122 valence electrons. The number of rotatable bonds is 6. The molecular formula is C16H13BrClN5S. The van der Waals surface area contributed by atoms with Gasteiger partial charge >= 0.3 is 0 Å². The Bertz CT molecular complexity index is 834. The van der Waals surface area contributed by atoms with Gasteiger partial charge in [-0.25, -0.2) is 10.5 Å². The number of aromatic amines is 1. The van der Waals surface area contributed by atoms with E-state index in [1.54, 1.807) is 6.21 Å². The van der Waals surface area contributed by atoms with Crippen molar-refractivity contribution in [3.05, 3.63) is 69.2 Å². The smallest absolute Gasteiger partial charge is 0.240 e. The van der Waals surface area contributed by atoms with E-state index in [-0.39, 0.29) is 0 Å². The molecule has 2 aromatic carbocycles. The Labute approximate surface area is 157 Å². The fourth-order valence-corrected chi connectivity index (χ4v) is 3.14. The van der Waals surface area contributed by atoms with Crippen LogP contribution in [0.1, 0.15) is 11.1 Å². The van der Waals surface area contributed by atoms with Gasteiger partial charge in [0.25, 0.3) is 0 Å². The summed E-state index contributed by atoms with van der Waals surface area (Å²) in [6, 6.07) is 15.6. The summed E-state index contributed by atoms with van der Waals surface area (Å²) in [6.45, 7) is 0. The van der Waals surface area contributed by atoms with Crippen LogP contribution in [-0.2, 0) is 5.75 Å². The minimum atomic E-state index is 0.500. The molecule has 0 saturated heterocycles. The summed E-state index contributed by atoms with van der Waals surface area (Å²) in [5.74, 6) is 1.27. The second kappa shape index (κ2) is 8.32. The van der Waals surface area contributed by atoms with E-state index >= 15 is 0 Å². The molecule has 8 heteroatoms. The Morgan fingerprint density at radius 1 is 1.25 bits per heavy atom. The maximum Gasteiger partial charge on any atom is 0.240 e. The molecule has 0 saturated carbocycles. The predicted octanol–water partition coefficient (Wildman–Crippen LogP) is 4.96. The first kappa shape index (κ1) is 17.0. The molecule has 0 spiro atoms. The number of benzene rings is 2. The molecule has 0 aliphatic carbocycles. The van der Waals surface area contributed by atoms with Crippen molar-refractivity contribution in [3.63, 3.8) is 0 Å². The van der Waals surface area contributed by atoms with Gasteiger partial charge in [0.15, 0.2) is 0 Å². The normalized spacial score (nSPS) is 11.1. The third-order valence-electron chi connectivity index (χ3n) is 2.98. The lowest BCUT2D eigenvalue weighted by molar-refractivity contribution is 0.972. The number of H-pyrrole nitrogens is 1. The van der Waals surface area contributed by atoms with Gasteiger partial charge in [0.2, 0.25) is 11.1 Å². The van der Waals surface area contributed by atoms with E-state index in [1.807, 2.05) is 48.5 Å². The van der Waals surface area contributed by atoms with E-state index in [1.165, 1.54) is 11.8 Å². The minimum Gasteiger partial charge on any atom is -0.246 e. The molecule has 0 aliphatic heterocycles. The van der Waals surface area contributed by atoms with Crippen LogP contribution in [0.4, 0.5) is 5.95 Å². The van der Waals surface area contributed by atoms with Crippen molar-refractivity contribution in [2.24, 2.45) is 5.10 Å². The van der Waals surface area contributed by atoms with Gasteiger partial charge in [0.05, 0.1) is 6.21 Å². The number of aromatic nitrogens is 3. The van der Waals surface area contributed by atoms with Crippen molar-refractivity contribution in [1.82, 2.24) is 15.2 Å². The summed E-state index contributed by atoms with van der Waals surface area (Å²) in [5, 5.41) is 12.5. The van der Waals surface area contributed by atoms with Crippen molar-refractivity contribution in [1.29, 1.82) is 0 Å². The Hall–Kier alpha value is -1.83. The molecule has 0 bridgehead atoms. The van der Waals surface area contributed by atoms with Crippen LogP contribution in [0.5, 0.6) is 0 Å². The lowest BCUT2D eigenvalue weighted by Gasteiger charge is -1.98. The largest absolute Gasteiger partial charge is 0.246 e. The maximum absolute atomic E-state index is 5.87. The molecule has 2 N–H and O–H groups in total. The molecule has 0 radical (unpaired) electrons. The van der Waals surface area contributed by atoms with Gasteiger partial charge in [-0.3, -0.25) is 0 Å². The van der Waals surface area contributed by atoms with Crippen LogP contribution in [0, 0.1) is 0 Å². The van der Waals surface area contributed by atoms with E-state index in [2.05, 4.69) is 41.6 Å². The third kappa shape index (κ3) is 5.09. The fraction of sp³-hybridized carbons (Fsp3) is 0.0625. The van der Waals surface area contributed by atoms with Gasteiger partial charge < -0.3 is 0 Å². The second-order valence-corrected chi connectivity index (χ2v) is 7.10. The van der Waals surface area contributed by atoms with Gasteiger partial charge in [-0.05, 0) is 35.4 Å². The summed E-state index contributed by atoms with van der Waals surface area (Å²) in [7, 11) is 0. The number of halogens is 2. The molecule has 0 atom stereocenters. The standard InChI is InChI=1S/C16H13BrClN5S/c17-13-3-1-2-12(8-13)9-19-21-15-20-16(23-22-15)24-10-11-4-6-14(18)7-5-11/h1-9H,10H2,(H2,20,21,22,23)/b19-9+. The van der Waals surface area contributed by atoms with Gasteiger partial charge in [-0.1, -0.05) is 63.6 Å². The van der Waals surface area contributed by atoms with Gasteiger partial charge in [-0.15, -0.1) is 5.10 Å². The Kier molecular flexibility index (Phi) is 5.90. The highest BCUT2D eigenvalue weighted by Crippen LogP contribution is 2.21. The van der Waals surface area contributed by atoms with Crippen LogP contribution in [0.3, 0.4) is 0 Å². The molecule has 3 aromatic rings. The Morgan fingerprint density at radius 2 is 2.08 bits per heavy atom. The molecule has 24 heavy (non-hydrogen) atoms. The first-order valence-electron chi connectivity index (χ1n) is 7.03. The first-order chi connectivity index (χ1) is 11.7. The van der Waals surface area contributed by atoms with Crippen LogP contribution < -0.4 is 5.43 Å². The topological polar surface area (TPSA) is 66.0 Å². The van der Waals surface area contributed by atoms with E-state index < -0.39 is 0 Å². The summed E-state index contributed by atoms with van der Waals surface area (Å²) in [5.41, 5.74) is 4.98. The van der Waals surface area contributed by atoms with Crippen molar-refractivity contribution >= 4 is 51.5 Å². The number of thioether (sulfide) groups is 1. The number of hydrogen-bond acceptors (Lipinski definition) is 5. The highest BCUT2D eigenvalue weighted by molar-refractivity contribution is 9.10. The minimum absolute atomic E-state index is 0.500. The van der Waals surface area contributed by atoms with Crippen molar-refractivity contribution in [2.45, 2.75) is 10.9 Å². The van der Waals surface area contributed by atoms with E-state index in [4.69, 9.17) is 11.6 Å². The van der Waals surface area contributed by atoms with Crippen LogP contribution in [0.25, 0.3) is 0 Å². The zero-order chi connectivity index (χ0) is 16.8. The first-order valence-corrected chi connectivity index (χ1v) is 9.19. The SMILES string of the molecule is Clc1ccc(CSc2n[nH]c(N/N=C/c3cccc(Br)c3)n2)cc1. The number of nitrogens with zero attached hydrogens (tertiary/aromatic N) is 3. The number of nitrogens with one attached hydrogen (secondary N) is 2. The van der Waals surface area contributed by atoms with E-state index in [9.17, 15) is 0 Å². The fourth-order valence-electron chi connectivity index (χ4n) is 1.84.